The topological polar surface area (TPSA) is 44.5 Å². The molecule has 0 heterocycles. The third-order valence-corrected chi connectivity index (χ3v) is 2.99. The molecule has 1 aromatic carbocycles. The van der Waals surface area contributed by atoms with Crippen molar-refractivity contribution in [2.75, 3.05) is 19.5 Å². The summed E-state index contributed by atoms with van der Waals surface area (Å²) in [6.45, 7) is 8.78. The van der Waals surface area contributed by atoms with Crippen molar-refractivity contribution in [2.45, 2.75) is 39.7 Å². The molecule has 0 aromatic heterocycles. The van der Waals surface area contributed by atoms with Crippen LogP contribution >= 0.6 is 0 Å². The number of ether oxygens (including phenoxy) is 2. The van der Waals surface area contributed by atoms with Gasteiger partial charge < -0.3 is 15.2 Å². The van der Waals surface area contributed by atoms with E-state index in [1.165, 1.54) is 0 Å². The molecule has 3 heteroatoms. The third kappa shape index (κ3) is 3.93. The van der Waals surface area contributed by atoms with Crippen LogP contribution in [-0.4, -0.2) is 19.3 Å². The Bertz CT molecular complexity index is 363. The summed E-state index contributed by atoms with van der Waals surface area (Å²) in [5.74, 6) is 0.936. The van der Waals surface area contributed by atoms with Crippen LogP contribution in [0.2, 0.25) is 0 Å². The molecule has 17 heavy (non-hydrogen) atoms. The number of hydrogen-bond donors (Lipinski definition) is 1. The van der Waals surface area contributed by atoms with Gasteiger partial charge in [-0.3, -0.25) is 0 Å². The monoisotopic (exact) mass is 237 g/mol. The molecule has 0 aliphatic heterocycles. The molecule has 96 valence electrons. The highest BCUT2D eigenvalue weighted by Gasteiger charge is 2.16. The van der Waals surface area contributed by atoms with Crippen molar-refractivity contribution in [3.8, 4) is 5.75 Å². The molecule has 0 unspecified atom stereocenters. The second-order valence-electron chi connectivity index (χ2n) is 5.05. The first-order valence-electron chi connectivity index (χ1n) is 5.90. The number of methoxy groups -OCH3 is 1. The molecule has 1 aromatic rings. The first-order chi connectivity index (χ1) is 7.85. The van der Waals surface area contributed by atoms with E-state index in [-0.39, 0.29) is 5.60 Å². The van der Waals surface area contributed by atoms with Crippen molar-refractivity contribution in [3.63, 3.8) is 0 Å². The summed E-state index contributed by atoms with van der Waals surface area (Å²) in [6.07, 6.45) is 0.854. The first kappa shape index (κ1) is 13.8. The van der Waals surface area contributed by atoms with Crippen molar-refractivity contribution in [3.05, 3.63) is 23.3 Å². The van der Waals surface area contributed by atoms with Crippen molar-refractivity contribution in [2.24, 2.45) is 0 Å². The van der Waals surface area contributed by atoms with Gasteiger partial charge in [0.25, 0.3) is 0 Å². The molecular formula is C14H23NO2. The smallest absolute Gasteiger partial charge is 0.125 e. The van der Waals surface area contributed by atoms with Gasteiger partial charge in [-0.1, -0.05) is 0 Å². The summed E-state index contributed by atoms with van der Waals surface area (Å²) in [7, 11) is 1.72. The van der Waals surface area contributed by atoms with Gasteiger partial charge in [-0.2, -0.15) is 0 Å². The molecule has 0 fully saturated rings. The van der Waals surface area contributed by atoms with Gasteiger partial charge in [-0.05, 0) is 51.0 Å². The van der Waals surface area contributed by atoms with E-state index in [0.29, 0.717) is 6.61 Å². The number of rotatable bonds is 5. The molecule has 0 saturated heterocycles. The van der Waals surface area contributed by atoms with Crippen molar-refractivity contribution >= 4 is 5.69 Å². The Labute approximate surface area is 104 Å². The Hall–Kier alpha value is -1.22. The summed E-state index contributed by atoms with van der Waals surface area (Å²) in [6, 6.07) is 3.87. The van der Waals surface area contributed by atoms with Crippen LogP contribution in [0.1, 0.15) is 31.4 Å². The average Bonchev–Trinajstić information content (AvgIpc) is 2.22. The Balaban J connectivity index is 2.64. The first-order valence-corrected chi connectivity index (χ1v) is 5.90. The average molecular weight is 237 g/mol. The standard InChI is InChI=1S/C14H23NO2/c1-10-8-12(15)9-11(2)13(10)17-7-6-14(3,4)16-5/h8-9H,6-7,15H2,1-5H3. The normalized spacial score (nSPS) is 11.6. The predicted molar refractivity (Wildman–Crippen MR) is 71.5 cm³/mol. The van der Waals surface area contributed by atoms with Crippen LogP contribution in [0, 0.1) is 13.8 Å². The summed E-state index contributed by atoms with van der Waals surface area (Å²) in [5, 5.41) is 0. The minimum Gasteiger partial charge on any atom is -0.493 e. The van der Waals surface area contributed by atoms with Crippen LogP contribution in [0.4, 0.5) is 5.69 Å². The largest absolute Gasteiger partial charge is 0.493 e. The van der Waals surface area contributed by atoms with E-state index in [2.05, 4.69) is 13.8 Å². The highest BCUT2D eigenvalue weighted by molar-refractivity contribution is 5.52. The zero-order valence-electron chi connectivity index (χ0n) is 11.5. The van der Waals surface area contributed by atoms with Gasteiger partial charge in [0.05, 0.1) is 12.2 Å². The minimum absolute atomic E-state index is 0.143. The molecule has 0 radical (unpaired) electrons. The lowest BCUT2D eigenvalue weighted by Crippen LogP contribution is -2.25. The predicted octanol–water partition coefficient (Wildman–Crippen LogP) is 3.08. The van der Waals surface area contributed by atoms with Gasteiger partial charge >= 0.3 is 0 Å². The fourth-order valence-corrected chi connectivity index (χ4v) is 1.71. The number of hydrogen-bond acceptors (Lipinski definition) is 3. The van der Waals surface area contributed by atoms with Crippen molar-refractivity contribution in [1.29, 1.82) is 0 Å². The zero-order chi connectivity index (χ0) is 13.1. The lowest BCUT2D eigenvalue weighted by Gasteiger charge is -2.23. The van der Waals surface area contributed by atoms with E-state index in [1.54, 1.807) is 7.11 Å². The molecule has 0 spiro atoms. The maximum Gasteiger partial charge on any atom is 0.125 e. The minimum atomic E-state index is -0.143. The third-order valence-electron chi connectivity index (χ3n) is 2.99. The molecule has 0 amide bonds. The Kier molecular flexibility index (Phi) is 4.40. The molecule has 0 bridgehead atoms. The van der Waals surface area contributed by atoms with Gasteiger partial charge in [0, 0.05) is 19.2 Å². The van der Waals surface area contributed by atoms with E-state index in [1.807, 2.05) is 26.0 Å². The number of nitrogen functional groups attached to an aromatic ring is 1. The molecular weight excluding hydrogens is 214 g/mol. The number of benzene rings is 1. The fourth-order valence-electron chi connectivity index (χ4n) is 1.71. The van der Waals surface area contributed by atoms with E-state index < -0.39 is 0 Å². The van der Waals surface area contributed by atoms with Crippen LogP contribution < -0.4 is 10.5 Å². The SMILES string of the molecule is COC(C)(C)CCOc1c(C)cc(N)cc1C. The van der Waals surface area contributed by atoms with Gasteiger partial charge in [0.2, 0.25) is 0 Å². The zero-order valence-corrected chi connectivity index (χ0v) is 11.5. The summed E-state index contributed by atoms with van der Waals surface area (Å²) in [5.41, 5.74) is 8.57. The Morgan fingerprint density at radius 3 is 2.18 bits per heavy atom. The number of nitrogens with two attached hydrogens (primary N) is 1. The van der Waals surface area contributed by atoms with Crippen LogP contribution in [0.25, 0.3) is 0 Å². The lowest BCUT2D eigenvalue weighted by molar-refractivity contribution is 0.00534. The molecule has 1 rings (SSSR count). The van der Waals surface area contributed by atoms with Crippen molar-refractivity contribution in [1.82, 2.24) is 0 Å². The van der Waals surface area contributed by atoms with Crippen LogP contribution in [0.5, 0.6) is 5.75 Å². The molecule has 0 aliphatic carbocycles. The van der Waals surface area contributed by atoms with E-state index >= 15 is 0 Å². The lowest BCUT2D eigenvalue weighted by atomic mass is 10.1. The van der Waals surface area contributed by atoms with E-state index in [0.717, 1.165) is 29.0 Å². The molecule has 0 atom stereocenters. The maximum absolute atomic E-state index is 5.82. The quantitative estimate of drug-likeness (QED) is 0.800. The summed E-state index contributed by atoms with van der Waals surface area (Å²) < 4.78 is 11.2. The molecule has 3 nitrogen and oxygen atoms in total. The van der Waals surface area contributed by atoms with Crippen LogP contribution in [0.3, 0.4) is 0 Å². The Morgan fingerprint density at radius 2 is 1.71 bits per heavy atom. The van der Waals surface area contributed by atoms with Gasteiger partial charge in [-0.25, -0.2) is 0 Å². The summed E-state index contributed by atoms with van der Waals surface area (Å²) in [4.78, 5) is 0. The molecule has 0 saturated carbocycles. The second kappa shape index (κ2) is 5.41. The van der Waals surface area contributed by atoms with E-state index in [4.69, 9.17) is 15.2 Å². The van der Waals surface area contributed by atoms with Gasteiger partial charge in [-0.15, -0.1) is 0 Å². The second-order valence-corrected chi connectivity index (χ2v) is 5.05. The fraction of sp³-hybridized carbons (Fsp3) is 0.571. The number of aryl methyl sites for hydroxylation is 2. The molecule has 2 N–H and O–H groups in total. The van der Waals surface area contributed by atoms with Crippen LogP contribution in [0.15, 0.2) is 12.1 Å². The van der Waals surface area contributed by atoms with Crippen molar-refractivity contribution < 1.29 is 9.47 Å². The van der Waals surface area contributed by atoms with Crippen LogP contribution in [-0.2, 0) is 4.74 Å². The maximum atomic E-state index is 5.82. The molecule has 0 aliphatic rings. The number of anilines is 1. The summed E-state index contributed by atoms with van der Waals surface area (Å²) >= 11 is 0. The Morgan fingerprint density at radius 1 is 1.18 bits per heavy atom. The highest BCUT2D eigenvalue weighted by Crippen LogP contribution is 2.26. The highest BCUT2D eigenvalue weighted by atomic mass is 16.5. The van der Waals surface area contributed by atoms with Gasteiger partial charge in [0.15, 0.2) is 0 Å². The van der Waals surface area contributed by atoms with E-state index in [9.17, 15) is 0 Å². The van der Waals surface area contributed by atoms with Gasteiger partial charge in [0.1, 0.15) is 5.75 Å².